The van der Waals surface area contributed by atoms with Crippen LogP contribution < -0.4 is 5.32 Å². The Morgan fingerprint density at radius 3 is 2.80 bits per heavy atom. The molecule has 0 amide bonds. The Balaban J connectivity index is 1.89. The zero-order valence-corrected chi connectivity index (χ0v) is 9.85. The zero-order valence-electron chi connectivity index (χ0n) is 9.04. The van der Waals surface area contributed by atoms with Crippen molar-refractivity contribution >= 4 is 11.3 Å². The molecule has 2 nitrogen and oxygen atoms in total. The molecule has 1 aliphatic heterocycles. The molecule has 0 saturated carbocycles. The van der Waals surface area contributed by atoms with Crippen molar-refractivity contribution in [3.63, 3.8) is 0 Å². The molecule has 3 heteroatoms. The molecule has 1 aromatic rings. The summed E-state index contributed by atoms with van der Waals surface area (Å²) in [5.41, 5.74) is 0.190. The van der Waals surface area contributed by atoms with Gasteiger partial charge in [0.2, 0.25) is 0 Å². The summed E-state index contributed by atoms with van der Waals surface area (Å²) in [7, 11) is 0. The van der Waals surface area contributed by atoms with Crippen LogP contribution >= 0.6 is 11.3 Å². The normalized spacial score (nSPS) is 20.3. The smallest absolute Gasteiger partial charge is 0.0488 e. The van der Waals surface area contributed by atoms with E-state index in [1.807, 2.05) is 11.3 Å². The largest absolute Gasteiger partial charge is 0.396 e. The molecule has 1 aromatic heterocycles. The molecule has 0 atom stereocenters. The van der Waals surface area contributed by atoms with Gasteiger partial charge in [-0.3, -0.25) is 0 Å². The van der Waals surface area contributed by atoms with Gasteiger partial charge in [-0.1, -0.05) is 6.07 Å². The van der Waals surface area contributed by atoms with Gasteiger partial charge in [0.25, 0.3) is 0 Å². The molecule has 84 valence electrons. The number of piperidine rings is 1. The van der Waals surface area contributed by atoms with Gasteiger partial charge in [-0.15, -0.1) is 11.3 Å². The maximum absolute atomic E-state index is 9.55. The SMILES string of the molecule is OCC1(CCc2cccs2)CCNCC1. The third kappa shape index (κ3) is 2.80. The molecule has 2 heterocycles. The highest BCUT2D eigenvalue weighted by molar-refractivity contribution is 7.09. The van der Waals surface area contributed by atoms with Crippen LogP contribution in [0.15, 0.2) is 17.5 Å². The number of hydrogen-bond acceptors (Lipinski definition) is 3. The van der Waals surface area contributed by atoms with Crippen molar-refractivity contribution in [1.82, 2.24) is 5.32 Å². The van der Waals surface area contributed by atoms with E-state index in [2.05, 4.69) is 22.8 Å². The molecule has 0 bridgehead atoms. The van der Waals surface area contributed by atoms with E-state index in [0.29, 0.717) is 6.61 Å². The lowest BCUT2D eigenvalue weighted by Gasteiger charge is -2.36. The number of aliphatic hydroxyl groups excluding tert-OH is 1. The molecule has 0 radical (unpaired) electrons. The highest BCUT2D eigenvalue weighted by Crippen LogP contribution is 2.33. The third-order valence-corrected chi connectivity index (χ3v) is 4.42. The second-order valence-electron chi connectivity index (χ2n) is 4.49. The van der Waals surface area contributed by atoms with Crippen LogP contribution in [0.4, 0.5) is 0 Å². The van der Waals surface area contributed by atoms with Gasteiger partial charge in [0, 0.05) is 11.5 Å². The number of hydrogen-bond donors (Lipinski definition) is 2. The first-order valence-electron chi connectivity index (χ1n) is 5.69. The second kappa shape index (κ2) is 5.10. The first-order valence-corrected chi connectivity index (χ1v) is 6.57. The van der Waals surface area contributed by atoms with E-state index >= 15 is 0 Å². The molecular weight excluding hydrogens is 206 g/mol. The maximum atomic E-state index is 9.55. The highest BCUT2D eigenvalue weighted by atomic mass is 32.1. The van der Waals surface area contributed by atoms with E-state index in [1.165, 1.54) is 4.88 Å². The second-order valence-corrected chi connectivity index (χ2v) is 5.52. The highest BCUT2D eigenvalue weighted by Gasteiger charge is 2.30. The predicted octanol–water partition coefficient (Wildman–Crippen LogP) is 2.04. The minimum absolute atomic E-state index is 0.190. The zero-order chi connectivity index (χ0) is 10.6. The molecular formula is C12H19NOS. The fourth-order valence-corrected chi connectivity index (χ4v) is 3.00. The lowest BCUT2D eigenvalue weighted by atomic mass is 9.76. The van der Waals surface area contributed by atoms with Gasteiger partial charge in [0.05, 0.1) is 0 Å². The van der Waals surface area contributed by atoms with Crippen LogP contribution in [0.25, 0.3) is 0 Å². The molecule has 1 aliphatic rings. The van der Waals surface area contributed by atoms with E-state index in [-0.39, 0.29) is 5.41 Å². The van der Waals surface area contributed by atoms with Crippen molar-refractivity contribution in [2.45, 2.75) is 25.7 Å². The average molecular weight is 225 g/mol. The summed E-state index contributed by atoms with van der Waals surface area (Å²) in [4.78, 5) is 1.45. The Labute approximate surface area is 95.3 Å². The molecule has 0 aliphatic carbocycles. The van der Waals surface area contributed by atoms with Gasteiger partial charge in [-0.25, -0.2) is 0 Å². The molecule has 0 unspecified atom stereocenters. The number of rotatable bonds is 4. The van der Waals surface area contributed by atoms with Crippen molar-refractivity contribution in [2.24, 2.45) is 5.41 Å². The maximum Gasteiger partial charge on any atom is 0.0488 e. The first kappa shape index (κ1) is 11.1. The fraction of sp³-hybridized carbons (Fsp3) is 0.667. The average Bonchev–Trinajstić information content (AvgIpc) is 2.81. The van der Waals surface area contributed by atoms with E-state index < -0.39 is 0 Å². The molecule has 2 rings (SSSR count). The van der Waals surface area contributed by atoms with Crippen LogP contribution in [0.1, 0.15) is 24.1 Å². The van der Waals surface area contributed by atoms with Gasteiger partial charge in [0.1, 0.15) is 0 Å². The van der Waals surface area contributed by atoms with Crippen LogP contribution in [0.3, 0.4) is 0 Å². The molecule has 1 fully saturated rings. The van der Waals surface area contributed by atoms with Crippen molar-refractivity contribution in [3.05, 3.63) is 22.4 Å². The summed E-state index contributed by atoms with van der Waals surface area (Å²) in [5.74, 6) is 0. The fourth-order valence-electron chi connectivity index (χ4n) is 2.29. The van der Waals surface area contributed by atoms with Crippen molar-refractivity contribution in [3.8, 4) is 0 Å². The van der Waals surface area contributed by atoms with Gasteiger partial charge < -0.3 is 10.4 Å². The Hall–Kier alpha value is -0.380. The van der Waals surface area contributed by atoms with E-state index in [4.69, 9.17) is 0 Å². The molecule has 0 spiro atoms. The summed E-state index contributed by atoms with van der Waals surface area (Å²) in [6, 6.07) is 4.30. The summed E-state index contributed by atoms with van der Waals surface area (Å²) in [6.07, 6.45) is 4.49. The van der Waals surface area contributed by atoms with E-state index in [9.17, 15) is 5.11 Å². The summed E-state index contributed by atoms with van der Waals surface area (Å²) < 4.78 is 0. The van der Waals surface area contributed by atoms with E-state index in [1.54, 1.807) is 0 Å². The Bertz CT molecular complexity index is 278. The summed E-state index contributed by atoms with van der Waals surface area (Å²) >= 11 is 1.82. The Morgan fingerprint density at radius 2 is 2.20 bits per heavy atom. The predicted molar refractivity (Wildman–Crippen MR) is 64.3 cm³/mol. The van der Waals surface area contributed by atoms with Crippen molar-refractivity contribution in [2.75, 3.05) is 19.7 Å². The Kier molecular flexibility index (Phi) is 3.78. The van der Waals surface area contributed by atoms with Gasteiger partial charge in [-0.2, -0.15) is 0 Å². The molecule has 2 N–H and O–H groups in total. The number of nitrogens with one attached hydrogen (secondary N) is 1. The van der Waals surface area contributed by atoms with Crippen molar-refractivity contribution < 1.29 is 5.11 Å². The molecule has 15 heavy (non-hydrogen) atoms. The van der Waals surface area contributed by atoms with Crippen LogP contribution in [-0.2, 0) is 6.42 Å². The standard InChI is InChI=1S/C12H19NOS/c14-10-12(5-7-13-8-6-12)4-3-11-2-1-9-15-11/h1-2,9,13-14H,3-8,10H2. The number of thiophene rings is 1. The minimum Gasteiger partial charge on any atom is -0.396 e. The number of aliphatic hydroxyl groups is 1. The van der Waals surface area contributed by atoms with Crippen molar-refractivity contribution in [1.29, 1.82) is 0 Å². The molecule has 1 saturated heterocycles. The van der Waals surface area contributed by atoms with Crippen LogP contribution in [-0.4, -0.2) is 24.8 Å². The Morgan fingerprint density at radius 1 is 1.40 bits per heavy atom. The van der Waals surface area contributed by atoms with Crippen LogP contribution in [0.2, 0.25) is 0 Å². The van der Waals surface area contributed by atoms with Gasteiger partial charge in [-0.05, 0) is 55.6 Å². The first-order chi connectivity index (χ1) is 7.35. The summed E-state index contributed by atoms with van der Waals surface area (Å²) in [6.45, 7) is 2.47. The van der Waals surface area contributed by atoms with E-state index in [0.717, 1.165) is 38.8 Å². The minimum atomic E-state index is 0.190. The quantitative estimate of drug-likeness (QED) is 0.822. The van der Waals surface area contributed by atoms with Gasteiger partial charge >= 0.3 is 0 Å². The third-order valence-electron chi connectivity index (χ3n) is 3.48. The topological polar surface area (TPSA) is 32.3 Å². The molecule has 0 aromatic carbocycles. The lowest BCUT2D eigenvalue weighted by molar-refractivity contribution is 0.0808. The summed E-state index contributed by atoms with van der Waals surface area (Å²) in [5, 5.41) is 15.0. The lowest BCUT2D eigenvalue weighted by Crippen LogP contribution is -2.39. The van der Waals surface area contributed by atoms with Gasteiger partial charge in [0.15, 0.2) is 0 Å². The van der Waals surface area contributed by atoms with Crippen LogP contribution in [0, 0.1) is 5.41 Å². The number of aryl methyl sites for hydroxylation is 1. The van der Waals surface area contributed by atoms with Crippen LogP contribution in [0.5, 0.6) is 0 Å². The monoisotopic (exact) mass is 225 g/mol.